The maximum atomic E-state index is 12.0. The van der Waals surface area contributed by atoms with E-state index in [1.54, 1.807) is 6.08 Å². The summed E-state index contributed by atoms with van der Waals surface area (Å²) in [7, 11) is 0. The van der Waals surface area contributed by atoms with Crippen molar-refractivity contribution < 1.29 is 9.53 Å². The minimum absolute atomic E-state index is 0.248. The van der Waals surface area contributed by atoms with E-state index in [1.807, 2.05) is 37.3 Å². The molecule has 1 aromatic rings. The van der Waals surface area contributed by atoms with Crippen LogP contribution in [0.5, 0.6) is 0 Å². The van der Waals surface area contributed by atoms with Crippen LogP contribution in [0.1, 0.15) is 52.0 Å². The fraction of sp³-hybridized carbons (Fsp3) is 0.421. The molecular weight excluding hydrogens is 260 g/mol. The summed E-state index contributed by atoms with van der Waals surface area (Å²) in [5.41, 5.74) is 3.61. The van der Waals surface area contributed by atoms with E-state index in [-0.39, 0.29) is 11.6 Å². The lowest BCUT2D eigenvalue weighted by Crippen LogP contribution is -2.34. The van der Waals surface area contributed by atoms with Crippen LogP contribution in [-0.2, 0) is 9.53 Å². The zero-order valence-corrected chi connectivity index (χ0v) is 13.2. The van der Waals surface area contributed by atoms with Crippen LogP contribution in [0.3, 0.4) is 0 Å². The van der Waals surface area contributed by atoms with E-state index >= 15 is 0 Å². The van der Waals surface area contributed by atoms with Crippen molar-refractivity contribution in [1.82, 2.24) is 0 Å². The van der Waals surface area contributed by atoms with Crippen LogP contribution in [0.2, 0.25) is 0 Å². The van der Waals surface area contributed by atoms with Crippen molar-refractivity contribution in [3.63, 3.8) is 0 Å². The average molecular weight is 284 g/mol. The molecule has 1 aliphatic carbocycles. The molecule has 21 heavy (non-hydrogen) atoms. The minimum atomic E-state index is -0.322. The summed E-state index contributed by atoms with van der Waals surface area (Å²) < 4.78 is 5.68. The van der Waals surface area contributed by atoms with Gasteiger partial charge in [-0.3, -0.25) is 0 Å². The smallest absolute Gasteiger partial charge is 0.331 e. The predicted molar refractivity (Wildman–Crippen MR) is 86.8 cm³/mol. The third-order valence-electron chi connectivity index (χ3n) is 4.18. The molecule has 0 aromatic heterocycles. The summed E-state index contributed by atoms with van der Waals surface area (Å²) in [5.74, 6) is -0.248. The van der Waals surface area contributed by atoms with Gasteiger partial charge in [-0.2, -0.15) is 0 Å². The Morgan fingerprint density at radius 2 is 1.76 bits per heavy atom. The van der Waals surface area contributed by atoms with Gasteiger partial charge in [-0.05, 0) is 58.1 Å². The largest absolute Gasteiger partial charge is 0.456 e. The Morgan fingerprint density at radius 1 is 1.14 bits per heavy atom. The van der Waals surface area contributed by atoms with Gasteiger partial charge in [-0.25, -0.2) is 4.79 Å². The number of carbonyl (C=O) groups is 1. The van der Waals surface area contributed by atoms with E-state index in [2.05, 4.69) is 13.8 Å². The van der Waals surface area contributed by atoms with E-state index in [1.165, 1.54) is 17.2 Å². The zero-order chi connectivity index (χ0) is 15.3. The first-order valence-corrected chi connectivity index (χ1v) is 7.60. The van der Waals surface area contributed by atoms with Gasteiger partial charge in [0.15, 0.2) is 0 Å². The van der Waals surface area contributed by atoms with Crippen molar-refractivity contribution >= 4 is 12.0 Å². The topological polar surface area (TPSA) is 26.3 Å². The molecule has 0 atom stereocenters. The highest BCUT2D eigenvalue weighted by molar-refractivity contribution is 5.87. The summed E-state index contributed by atoms with van der Waals surface area (Å²) >= 11 is 0. The number of rotatable bonds is 3. The molecule has 0 saturated heterocycles. The Balaban J connectivity index is 1.91. The van der Waals surface area contributed by atoms with Crippen molar-refractivity contribution in [2.75, 3.05) is 0 Å². The van der Waals surface area contributed by atoms with Gasteiger partial charge in [-0.1, -0.05) is 41.5 Å². The third-order valence-corrected chi connectivity index (χ3v) is 4.18. The fourth-order valence-electron chi connectivity index (χ4n) is 2.69. The van der Waals surface area contributed by atoms with E-state index < -0.39 is 0 Å². The quantitative estimate of drug-likeness (QED) is 0.448. The highest BCUT2D eigenvalue weighted by atomic mass is 16.6. The summed E-state index contributed by atoms with van der Waals surface area (Å²) in [6, 6.07) is 9.79. The van der Waals surface area contributed by atoms with E-state index in [4.69, 9.17) is 4.74 Å². The molecular formula is C19H24O2. The minimum Gasteiger partial charge on any atom is -0.456 e. The van der Waals surface area contributed by atoms with Gasteiger partial charge in [0, 0.05) is 6.08 Å². The molecule has 0 radical (unpaired) electrons. The second kappa shape index (κ2) is 6.75. The lowest BCUT2D eigenvalue weighted by atomic mass is 9.82. The summed E-state index contributed by atoms with van der Waals surface area (Å²) in [6.07, 6.45) is 7.23. The van der Waals surface area contributed by atoms with Crippen molar-refractivity contribution in [3.8, 4) is 0 Å². The van der Waals surface area contributed by atoms with Gasteiger partial charge in [0.2, 0.25) is 0 Å². The molecule has 0 aliphatic heterocycles. The van der Waals surface area contributed by atoms with Gasteiger partial charge in [0.1, 0.15) is 5.60 Å². The molecule has 1 saturated carbocycles. The normalized spacial score (nSPS) is 22.3. The van der Waals surface area contributed by atoms with Crippen molar-refractivity contribution in [2.45, 2.75) is 52.1 Å². The van der Waals surface area contributed by atoms with Crippen molar-refractivity contribution in [2.24, 2.45) is 0 Å². The third kappa shape index (κ3) is 4.59. The number of carbonyl (C=O) groups excluding carboxylic acids is 1. The highest BCUT2D eigenvalue weighted by Crippen LogP contribution is 2.35. The second-order valence-corrected chi connectivity index (χ2v) is 6.22. The van der Waals surface area contributed by atoms with Gasteiger partial charge in [0.25, 0.3) is 0 Å². The van der Waals surface area contributed by atoms with Crippen LogP contribution in [0.25, 0.3) is 6.08 Å². The number of hydrogen-bond acceptors (Lipinski definition) is 2. The van der Waals surface area contributed by atoms with Crippen LogP contribution < -0.4 is 0 Å². The van der Waals surface area contributed by atoms with E-state index in [0.717, 1.165) is 31.2 Å². The molecule has 0 unspecified atom stereocenters. The lowest BCUT2D eigenvalue weighted by Gasteiger charge is -2.34. The number of esters is 1. The lowest BCUT2D eigenvalue weighted by molar-refractivity contribution is -0.153. The molecule has 0 N–H and O–H groups in total. The summed E-state index contributed by atoms with van der Waals surface area (Å²) in [6.45, 7) is 6.36. The Kier molecular flexibility index (Phi) is 5.00. The molecule has 0 amide bonds. The molecule has 0 bridgehead atoms. The van der Waals surface area contributed by atoms with E-state index in [0.29, 0.717) is 0 Å². The molecule has 2 heteroatoms. The Hall–Kier alpha value is -1.83. The summed E-state index contributed by atoms with van der Waals surface area (Å²) in [5, 5.41) is 0. The molecule has 112 valence electrons. The molecule has 1 aromatic carbocycles. The second-order valence-electron chi connectivity index (χ2n) is 6.22. The van der Waals surface area contributed by atoms with Crippen LogP contribution in [0.15, 0.2) is 47.6 Å². The van der Waals surface area contributed by atoms with Crippen LogP contribution in [0, 0.1) is 0 Å². The van der Waals surface area contributed by atoms with Crippen molar-refractivity contribution in [1.29, 1.82) is 0 Å². The highest BCUT2D eigenvalue weighted by Gasteiger charge is 2.32. The number of benzene rings is 1. The van der Waals surface area contributed by atoms with Crippen molar-refractivity contribution in [3.05, 3.63) is 53.1 Å². The van der Waals surface area contributed by atoms with Crippen LogP contribution in [-0.4, -0.2) is 11.6 Å². The Labute approximate surface area is 127 Å². The van der Waals surface area contributed by atoms with Gasteiger partial charge in [0.05, 0.1) is 0 Å². The maximum absolute atomic E-state index is 12.0. The Morgan fingerprint density at radius 3 is 2.33 bits per heavy atom. The average Bonchev–Trinajstić information content (AvgIpc) is 2.46. The van der Waals surface area contributed by atoms with Crippen LogP contribution in [0.4, 0.5) is 0 Å². The summed E-state index contributed by atoms with van der Waals surface area (Å²) in [4.78, 5) is 12.0. The van der Waals surface area contributed by atoms with Gasteiger partial charge < -0.3 is 4.74 Å². The molecule has 1 fully saturated rings. The number of allylic oxidation sites excluding steroid dienone is 2. The Bertz CT molecular complexity index is 538. The molecule has 2 rings (SSSR count). The van der Waals surface area contributed by atoms with Crippen LogP contribution >= 0.6 is 0 Å². The first-order chi connectivity index (χ1) is 9.98. The monoisotopic (exact) mass is 284 g/mol. The molecule has 0 spiro atoms. The number of ether oxygens (including phenoxy) is 1. The first-order valence-electron chi connectivity index (χ1n) is 7.60. The molecule has 1 aliphatic rings. The van der Waals surface area contributed by atoms with Gasteiger partial charge in [-0.15, -0.1) is 0 Å². The predicted octanol–water partition coefficient (Wildman–Crippen LogP) is 4.91. The fourth-order valence-corrected chi connectivity index (χ4v) is 2.69. The SMILES string of the molecule is CC(C)=C1CCC(C)(OC(=O)/C=C/c2ccccc2)CC1. The van der Waals surface area contributed by atoms with Gasteiger partial charge >= 0.3 is 5.97 Å². The first kappa shape index (κ1) is 15.6. The molecule has 0 heterocycles. The maximum Gasteiger partial charge on any atom is 0.331 e. The standard InChI is InChI=1S/C19H24O2/c1-15(2)17-11-13-19(3,14-12-17)21-18(20)10-9-16-7-5-4-6-8-16/h4-10H,11-14H2,1-3H3/b10-9+. The van der Waals surface area contributed by atoms with E-state index in [9.17, 15) is 4.79 Å². The zero-order valence-electron chi connectivity index (χ0n) is 13.2. The number of hydrogen-bond donors (Lipinski definition) is 0. The molecule has 2 nitrogen and oxygen atoms in total.